The molecular weight excluding hydrogens is 234 g/mol. The Labute approximate surface area is 106 Å². The topological polar surface area (TPSA) is 92.5 Å². The number of urea groups is 1. The largest absolute Gasteiger partial charge is 0.345 e. The van der Waals surface area contributed by atoms with Gasteiger partial charge in [-0.15, -0.1) is 0 Å². The minimum atomic E-state index is -1.15. The van der Waals surface area contributed by atoms with Gasteiger partial charge in [0.1, 0.15) is 5.41 Å². The number of nitrogens with two attached hydrogens (primary N) is 1. The van der Waals surface area contributed by atoms with Crippen LogP contribution in [0.1, 0.15) is 45.4 Å². The lowest BCUT2D eigenvalue weighted by molar-refractivity contribution is -0.157. The van der Waals surface area contributed by atoms with Crippen LogP contribution in [0, 0.1) is 11.3 Å². The molecule has 6 nitrogen and oxygen atoms in total. The van der Waals surface area contributed by atoms with E-state index in [1.54, 1.807) is 6.92 Å². The third-order valence-electron chi connectivity index (χ3n) is 4.30. The third kappa shape index (κ3) is 1.71. The SMILES string of the molecule is CC[C@]1(C2CCCCC2)C(=O)NC(=O)N(N)C1=O. The number of amides is 4. The summed E-state index contributed by atoms with van der Waals surface area (Å²) in [5, 5.41) is 2.76. The monoisotopic (exact) mass is 253 g/mol. The molecule has 0 spiro atoms. The van der Waals surface area contributed by atoms with Gasteiger partial charge in [0.25, 0.3) is 5.91 Å². The molecule has 1 saturated carbocycles. The molecule has 1 heterocycles. The second kappa shape index (κ2) is 4.68. The number of carbonyl (C=O) groups excluding carboxylic acids is 3. The Morgan fingerprint density at radius 1 is 1.28 bits per heavy atom. The van der Waals surface area contributed by atoms with E-state index in [9.17, 15) is 14.4 Å². The van der Waals surface area contributed by atoms with Crippen molar-refractivity contribution >= 4 is 17.8 Å². The first-order valence-electron chi connectivity index (χ1n) is 6.48. The van der Waals surface area contributed by atoms with Crippen LogP contribution in [0.25, 0.3) is 0 Å². The van der Waals surface area contributed by atoms with E-state index in [1.807, 2.05) is 0 Å². The lowest BCUT2D eigenvalue weighted by Gasteiger charge is -2.43. The van der Waals surface area contributed by atoms with Crippen molar-refractivity contribution in [3.63, 3.8) is 0 Å². The Hall–Kier alpha value is -1.43. The smallest absolute Gasteiger partial charge is 0.275 e. The highest BCUT2D eigenvalue weighted by Gasteiger charge is 2.56. The number of barbiturate groups is 1. The number of carbonyl (C=O) groups is 3. The molecule has 0 aromatic rings. The van der Waals surface area contributed by atoms with Crippen molar-refractivity contribution in [2.45, 2.75) is 45.4 Å². The van der Waals surface area contributed by atoms with Gasteiger partial charge in [-0.2, -0.15) is 5.01 Å². The van der Waals surface area contributed by atoms with Gasteiger partial charge >= 0.3 is 6.03 Å². The Morgan fingerprint density at radius 2 is 1.89 bits per heavy atom. The molecule has 100 valence electrons. The third-order valence-corrected chi connectivity index (χ3v) is 4.30. The number of hydrogen-bond donors (Lipinski definition) is 2. The number of rotatable bonds is 2. The second-order valence-corrected chi connectivity index (χ2v) is 5.09. The van der Waals surface area contributed by atoms with Crippen LogP contribution in [0.15, 0.2) is 0 Å². The first-order valence-corrected chi connectivity index (χ1v) is 6.48. The molecule has 0 bridgehead atoms. The molecule has 2 aliphatic rings. The van der Waals surface area contributed by atoms with Gasteiger partial charge in [0.05, 0.1) is 0 Å². The van der Waals surface area contributed by atoms with Gasteiger partial charge in [0, 0.05) is 0 Å². The zero-order valence-corrected chi connectivity index (χ0v) is 10.6. The molecule has 0 aromatic heterocycles. The average Bonchev–Trinajstić information content (AvgIpc) is 2.39. The van der Waals surface area contributed by atoms with E-state index in [0.29, 0.717) is 11.4 Å². The zero-order chi connectivity index (χ0) is 13.3. The minimum absolute atomic E-state index is 0.0112. The molecule has 1 atom stereocenters. The van der Waals surface area contributed by atoms with Gasteiger partial charge in [-0.3, -0.25) is 14.9 Å². The van der Waals surface area contributed by atoms with Crippen molar-refractivity contribution in [1.29, 1.82) is 0 Å². The number of hydrogen-bond acceptors (Lipinski definition) is 4. The van der Waals surface area contributed by atoms with E-state index < -0.39 is 23.3 Å². The van der Waals surface area contributed by atoms with Gasteiger partial charge in [0.2, 0.25) is 5.91 Å². The molecule has 18 heavy (non-hydrogen) atoms. The van der Waals surface area contributed by atoms with Gasteiger partial charge in [-0.1, -0.05) is 26.2 Å². The molecule has 1 aliphatic carbocycles. The van der Waals surface area contributed by atoms with E-state index in [4.69, 9.17) is 5.84 Å². The van der Waals surface area contributed by atoms with Crippen molar-refractivity contribution in [1.82, 2.24) is 10.3 Å². The molecule has 6 heteroatoms. The summed E-state index contributed by atoms with van der Waals surface area (Å²) >= 11 is 0. The highest BCUT2D eigenvalue weighted by molar-refractivity contribution is 6.18. The fraction of sp³-hybridized carbons (Fsp3) is 0.750. The standard InChI is InChI=1S/C12H19N3O3/c1-2-12(8-6-4-3-5-7-8)9(16)14-11(18)15(13)10(12)17/h8H,2-7,13H2,1H3,(H,14,16,18)/t12-/m0/s1. The summed E-state index contributed by atoms with van der Waals surface area (Å²) < 4.78 is 0. The molecule has 4 amide bonds. The second-order valence-electron chi connectivity index (χ2n) is 5.09. The molecule has 2 fully saturated rings. The van der Waals surface area contributed by atoms with Crippen LogP contribution in [0.4, 0.5) is 4.79 Å². The maximum atomic E-state index is 12.3. The van der Waals surface area contributed by atoms with Crippen LogP contribution >= 0.6 is 0 Å². The molecular formula is C12H19N3O3. The molecule has 3 N–H and O–H groups in total. The van der Waals surface area contributed by atoms with E-state index in [-0.39, 0.29) is 5.92 Å². The summed E-state index contributed by atoms with van der Waals surface area (Å²) in [6.07, 6.45) is 5.24. The van der Waals surface area contributed by atoms with Crippen molar-refractivity contribution < 1.29 is 14.4 Å². The number of nitrogens with zero attached hydrogens (tertiary/aromatic N) is 1. The number of nitrogens with one attached hydrogen (secondary N) is 1. The lowest BCUT2D eigenvalue weighted by atomic mass is 9.65. The van der Waals surface area contributed by atoms with Crippen LogP contribution in [-0.4, -0.2) is 22.9 Å². The van der Waals surface area contributed by atoms with Crippen LogP contribution in [0.5, 0.6) is 0 Å². The Bertz CT molecular complexity index is 390. The summed E-state index contributed by atoms with van der Waals surface area (Å²) in [5.41, 5.74) is -1.15. The van der Waals surface area contributed by atoms with Crippen molar-refractivity contribution in [3.05, 3.63) is 0 Å². The Kier molecular flexibility index (Phi) is 3.38. The fourth-order valence-electron chi connectivity index (χ4n) is 3.23. The van der Waals surface area contributed by atoms with E-state index in [0.717, 1.165) is 32.1 Å². The fourth-order valence-corrected chi connectivity index (χ4v) is 3.23. The summed E-state index contributed by atoms with van der Waals surface area (Å²) in [7, 11) is 0. The summed E-state index contributed by atoms with van der Waals surface area (Å²) in [6, 6.07) is -0.829. The van der Waals surface area contributed by atoms with Gasteiger partial charge in [-0.05, 0) is 25.2 Å². The van der Waals surface area contributed by atoms with Gasteiger partial charge < -0.3 is 0 Å². The first-order chi connectivity index (χ1) is 8.54. The zero-order valence-electron chi connectivity index (χ0n) is 10.6. The summed E-state index contributed by atoms with van der Waals surface area (Å²) in [5.74, 6) is 4.42. The van der Waals surface area contributed by atoms with E-state index >= 15 is 0 Å². The van der Waals surface area contributed by atoms with Gasteiger partial charge in [-0.25, -0.2) is 10.6 Å². The normalized spacial score (nSPS) is 30.6. The summed E-state index contributed by atoms with van der Waals surface area (Å²) in [6.45, 7) is 1.80. The molecule has 1 saturated heterocycles. The highest BCUT2D eigenvalue weighted by atomic mass is 16.2. The molecule has 0 radical (unpaired) electrons. The number of imide groups is 2. The van der Waals surface area contributed by atoms with E-state index in [2.05, 4.69) is 5.32 Å². The highest BCUT2D eigenvalue weighted by Crippen LogP contribution is 2.43. The molecule has 1 aliphatic heterocycles. The maximum Gasteiger partial charge on any atom is 0.345 e. The Morgan fingerprint density at radius 3 is 2.44 bits per heavy atom. The van der Waals surface area contributed by atoms with Crippen LogP contribution in [0.3, 0.4) is 0 Å². The quantitative estimate of drug-likeness (QED) is 0.434. The maximum absolute atomic E-state index is 12.3. The minimum Gasteiger partial charge on any atom is -0.275 e. The predicted molar refractivity (Wildman–Crippen MR) is 63.9 cm³/mol. The van der Waals surface area contributed by atoms with Crippen LogP contribution in [-0.2, 0) is 9.59 Å². The van der Waals surface area contributed by atoms with Crippen molar-refractivity contribution in [2.75, 3.05) is 0 Å². The van der Waals surface area contributed by atoms with Gasteiger partial charge in [0.15, 0.2) is 0 Å². The molecule has 0 unspecified atom stereocenters. The van der Waals surface area contributed by atoms with E-state index in [1.165, 1.54) is 0 Å². The van der Waals surface area contributed by atoms with Crippen LogP contribution < -0.4 is 11.2 Å². The van der Waals surface area contributed by atoms with Crippen LogP contribution in [0.2, 0.25) is 0 Å². The summed E-state index contributed by atoms with van der Waals surface area (Å²) in [4.78, 5) is 35.8. The average molecular weight is 253 g/mol. The first kappa shape index (κ1) is 13.0. The van der Waals surface area contributed by atoms with Crippen molar-refractivity contribution in [3.8, 4) is 0 Å². The predicted octanol–water partition coefficient (Wildman–Crippen LogP) is 0.915. The molecule has 0 aromatic carbocycles. The molecule has 2 rings (SSSR count). The van der Waals surface area contributed by atoms with Crippen molar-refractivity contribution in [2.24, 2.45) is 17.2 Å². The Balaban J connectivity index is 2.36. The number of hydrazine groups is 1. The lowest BCUT2D eigenvalue weighted by Crippen LogP contribution is -2.68.